The molecule has 3 N–H and O–H groups in total. The zero-order chi connectivity index (χ0) is 18.5. The summed E-state index contributed by atoms with van der Waals surface area (Å²) in [5.74, 6) is -0.874. The highest BCUT2D eigenvalue weighted by Crippen LogP contribution is 2.21. The van der Waals surface area contributed by atoms with E-state index < -0.39 is 24.5 Å². The Morgan fingerprint density at radius 2 is 1.64 bits per heavy atom. The summed E-state index contributed by atoms with van der Waals surface area (Å²) < 4.78 is 11.0. The Morgan fingerprint density at radius 3 is 2.28 bits per heavy atom. The van der Waals surface area contributed by atoms with E-state index >= 15 is 0 Å². The van der Waals surface area contributed by atoms with Crippen LogP contribution in [0.1, 0.15) is 71.1 Å². The van der Waals surface area contributed by atoms with Gasteiger partial charge in [0.25, 0.3) is 0 Å². The molecule has 0 aromatic carbocycles. The molecule has 0 aliphatic carbocycles. The normalized spacial score (nSPS) is 27.0. The van der Waals surface area contributed by atoms with Crippen LogP contribution in [0.15, 0.2) is 12.2 Å². The lowest BCUT2D eigenvalue weighted by Gasteiger charge is -2.35. The minimum absolute atomic E-state index is 0.298. The minimum Gasteiger partial charge on any atom is -0.478 e. The lowest BCUT2D eigenvalue weighted by Crippen LogP contribution is -2.47. The number of hydrogen-bond acceptors (Lipinski definition) is 5. The van der Waals surface area contributed by atoms with Gasteiger partial charge in [0.15, 0.2) is 6.29 Å². The zero-order valence-corrected chi connectivity index (χ0v) is 15.3. The number of aliphatic carboxylic acids is 1. The lowest BCUT2D eigenvalue weighted by molar-refractivity contribution is -0.261. The molecule has 0 spiro atoms. The highest BCUT2D eigenvalue weighted by atomic mass is 16.7. The van der Waals surface area contributed by atoms with Crippen molar-refractivity contribution < 1.29 is 29.6 Å². The molecule has 0 bridgehead atoms. The Labute approximate surface area is 150 Å². The highest BCUT2D eigenvalue weighted by Gasteiger charge is 2.34. The number of hydrogen-bond donors (Lipinski definition) is 3. The van der Waals surface area contributed by atoms with E-state index in [-0.39, 0.29) is 6.10 Å². The number of aliphatic hydroxyl groups excluding tert-OH is 2. The van der Waals surface area contributed by atoms with E-state index in [1.54, 1.807) is 13.0 Å². The van der Waals surface area contributed by atoms with Gasteiger partial charge in [0.1, 0.15) is 6.10 Å². The predicted octanol–water partition coefficient (Wildman–Crippen LogP) is 3.01. The molecule has 1 rings (SSSR count). The van der Waals surface area contributed by atoms with E-state index in [4.69, 9.17) is 14.6 Å². The Morgan fingerprint density at radius 1 is 1.04 bits per heavy atom. The van der Waals surface area contributed by atoms with Crippen molar-refractivity contribution in [2.75, 3.05) is 6.61 Å². The number of rotatable bonds is 13. The van der Waals surface area contributed by atoms with Crippen molar-refractivity contribution in [1.29, 1.82) is 0 Å². The Kier molecular flexibility index (Phi) is 11.7. The number of ether oxygens (including phenoxy) is 2. The molecule has 0 radical (unpaired) electrons. The van der Waals surface area contributed by atoms with Crippen LogP contribution >= 0.6 is 0 Å². The van der Waals surface area contributed by atoms with Gasteiger partial charge in [-0.3, -0.25) is 0 Å². The number of unbranched alkanes of at least 4 members (excludes halogenated alkanes) is 8. The number of carboxylic acids is 1. The van der Waals surface area contributed by atoms with Gasteiger partial charge in [-0.25, -0.2) is 4.79 Å². The fourth-order valence-electron chi connectivity index (χ4n) is 2.90. The number of aliphatic hydroxyl groups is 2. The van der Waals surface area contributed by atoms with Crippen molar-refractivity contribution in [1.82, 2.24) is 0 Å². The fourth-order valence-corrected chi connectivity index (χ4v) is 2.90. The zero-order valence-electron chi connectivity index (χ0n) is 15.3. The van der Waals surface area contributed by atoms with Gasteiger partial charge < -0.3 is 24.8 Å². The molecule has 0 unspecified atom stereocenters. The van der Waals surface area contributed by atoms with Gasteiger partial charge >= 0.3 is 5.97 Å². The summed E-state index contributed by atoms with van der Waals surface area (Å²) in [6.07, 6.45) is 10.8. The molecule has 1 aliphatic rings. The van der Waals surface area contributed by atoms with Crippen LogP contribution in [-0.2, 0) is 14.3 Å². The second-order valence-corrected chi connectivity index (χ2v) is 6.81. The first kappa shape index (κ1) is 22.1. The summed E-state index contributed by atoms with van der Waals surface area (Å²) in [4.78, 5) is 10.3. The van der Waals surface area contributed by atoms with Crippen LogP contribution in [0.4, 0.5) is 0 Å². The molecular formula is C19H34O6. The number of carbonyl (C=O) groups is 1. The molecule has 6 nitrogen and oxygen atoms in total. The van der Waals surface area contributed by atoms with E-state index in [9.17, 15) is 15.0 Å². The maximum atomic E-state index is 10.3. The summed E-state index contributed by atoms with van der Waals surface area (Å²) >= 11 is 0. The third kappa shape index (κ3) is 10.6. The monoisotopic (exact) mass is 358 g/mol. The van der Waals surface area contributed by atoms with Crippen LogP contribution in [0.2, 0.25) is 0 Å². The van der Waals surface area contributed by atoms with Crippen LogP contribution in [0.5, 0.6) is 0 Å². The molecule has 0 amide bonds. The van der Waals surface area contributed by atoms with Crippen LogP contribution in [0, 0.1) is 0 Å². The van der Waals surface area contributed by atoms with Crippen molar-refractivity contribution in [3.8, 4) is 0 Å². The van der Waals surface area contributed by atoms with Gasteiger partial charge in [-0.2, -0.15) is 0 Å². The minimum atomic E-state index is -0.874. The van der Waals surface area contributed by atoms with Crippen LogP contribution < -0.4 is 0 Å². The quantitative estimate of drug-likeness (QED) is 0.346. The molecule has 1 saturated heterocycles. The maximum absolute atomic E-state index is 10.3. The molecule has 25 heavy (non-hydrogen) atoms. The van der Waals surface area contributed by atoms with E-state index in [0.717, 1.165) is 32.1 Å². The summed E-state index contributed by atoms with van der Waals surface area (Å²) in [6.45, 7) is 2.36. The predicted molar refractivity (Wildman–Crippen MR) is 95.2 cm³/mol. The third-order valence-corrected chi connectivity index (χ3v) is 4.50. The van der Waals surface area contributed by atoms with E-state index in [2.05, 4.69) is 0 Å². The molecule has 4 atom stereocenters. The van der Waals surface area contributed by atoms with Gasteiger partial charge in [0.2, 0.25) is 0 Å². The molecule has 0 saturated carbocycles. The Bertz CT molecular complexity index is 384. The number of carboxylic acid groups (broad SMARTS) is 1. The van der Waals surface area contributed by atoms with E-state index in [1.165, 1.54) is 31.8 Å². The topological polar surface area (TPSA) is 96.2 Å². The molecule has 1 heterocycles. The largest absolute Gasteiger partial charge is 0.478 e. The molecule has 0 aromatic heterocycles. The molecule has 146 valence electrons. The molecule has 6 heteroatoms. The van der Waals surface area contributed by atoms with Crippen molar-refractivity contribution in [2.24, 2.45) is 0 Å². The first-order valence-corrected chi connectivity index (χ1v) is 9.53. The lowest BCUT2D eigenvalue weighted by atomic mass is 10.0. The summed E-state index contributed by atoms with van der Waals surface area (Å²) in [7, 11) is 0. The molecule has 1 fully saturated rings. The first-order valence-electron chi connectivity index (χ1n) is 9.53. The highest BCUT2D eigenvalue weighted by molar-refractivity contribution is 5.79. The average Bonchev–Trinajstić information content (AvgIpc) is 2.56. The summed E-state index contributed by atoms with van der Waals surface area (Å²) in [5.41, 5.74) is 0. The Hall–Kier alpha value is -0.950. The smallest absolute Gasteiger partial charge is 0.327 e. The van der Waals surface area contributed by atoms with Gasteiger partial charge in [0.05, 0.1) is 12.2 Å². The standard InChI is InChI=1S/C19H34O6/c1-15-16(20)14-17(21)19(25-15)24-13-11-9-7-5-3-2-4-6-8-10-12-18(22)23/h10,12,15-17,19-21H,2-9,11,13-14H2,1H3,(H,22,23)/b12-10+/t15-,16+,17+,19+/m0/s1. The van der Waals surface area contributed by atoms with Gasteiger partial charge in [-0.05, 0) is 26.2 Å². The summed E-state index contributed by atoms with van der Waals surface area (Å²) in [5, 5.41) is 27.9. The average molecular weight is 358 g/mol. The number of allylic oxidation sites excluding steroid dienone is 1. The third-order valence-electron chi connectivity index (χ3n) is 4.50. The fraction of sp³-hybridized carbons (Fsp3) is 0.842. The summed E-state index contributed by atoms with van der Waals surface area (Å²) in [6, 6.07) is 0. The van der Waals surface area contributed by atoms with E-state index in [1.807, 2.05) is 0 Å². The van der Waals surface area contributed by atoms with Crippen molar-refractivity contribution in [2.45, 2.75) is 95.7 Å². The second kappa shape index (κ2) is 13.3. The van der Waals surface area contributed by atoms with Gasteiger partial charge in [-0.15, -0.1) is 0 Å². The molecular weight excluding hydrogens is 324 g/mol. The Balaban J connectivity index is 1.87. The second-order valence-electron chi connectivity index (χ2n) is 6.81. The molecule has 1 aliphatic heterocycles. The SMILES string of the molecule is C[C@@H]1O[C@@H](OCCCCCCCCCC/C=C/C(=O)O)[C@H](O)C[C@H]1O. The first-order chi connectivity index (χ1) is 12.0. The molecule has 0 aromatic rings. The van der Waals surface area contributed by atoms with Crippen LogP contribution in [0.25, 0.3) is 0 Å². The van der Waals surface area contributed by atoms with Gasteiger partial charge in [-0.1, -0.05) is 44.6 Å². The van der Waals surface area contributed by atoms with Crippen LogP contribution in [-0.4, -0.2) is 52.5 Å². The van der Waals surface area contributed by atoms with Crippen molar-refractivity contribution in [3.05, 3.63) is 12.2 Å². The van der Waals surface area contributed by atoms with E-state index in [0.29, 0.717) is 13.0 Å². The van der Waals surface area contributed by atoms with Gasteiger partial charge in [0, 0.05) is 19.1 Å². The van der Waals surface area contributed by atoms with Crippen LogP contribution in [0.3, 0.4) is 0 Å². The van der Waals surface area contributed by atoms with Crippen molar-refractivity contribution in [3.63, 3.8) is 0 Å². The maximum Gasteiger partial charge on any atom is 0.327 e. The van der Waals surface area contributed by atoms with Crippen molar-refractivity contribution >= 4 is 5.97 Å².